The molecule has 4 heteroatoms. The fourth-order valence-corrected chi connectivity index (χ4v) is 1.72. The minimum Gasteiger partial charge on any atom is -0.390 e. The first kappa shape index (κ1) is 9.92. The summed E-state index contributed by atoms with van der Waals surface area (Å²) in [5.74, 6) is 0. The van der Waals surface area contributed by atoms with Crippen LogP contribution in [0.4, 0.5) is 0 Å². The standard InChI is InChI=1S/C8H19N3O/c1-10-8-3-2-4-11(8)6-7(12)5-9/h7-8,10,12H,2-6,9H2,1H3/t7-,8?/m0/s1. The molecule has 1 saturated heterocycles. The molecule has 2 atom stereocenters. The van der Waals surface area contributed by atoms with Gasteiger partial charge in [-0.1, -0.05) is 0 Å². The maximum absolute atomic E-state index is 9.34. The molecule has 1 unspecified atom stereocenters. The molecule has 0 bridgehead atoms. The molecule has 0 amide bonds. The minimum atomic E-state index is -0.376. The summed E-state index contributed by atoms with van der Waals surface area (Å²) >= 11 is 0. The van der Waals surface area contributed by atoms with Gasteiger partial charge in [0.05, 0.1) is 12.3 Å². The second kappa shape index (κ2) is 4.77. The molecule has 4 nitrogen and oxygen atoms in total. The molecule has 0 saturated carbocycles. The van der Waals surface area contributed by atoms with Gasteiger partial charge in [-0.25, -0.2) is 0 Å². The van der Waals surface area contributed by atoms with Crippen LogP contribution in [-0.2, 0) is 0 Å². The number of hydrogen-bond donors (Lipinski definition) is 3. The van der Waals surface area contributed by atoms with Crippen molar-refractivity contribution in [1.29, 1.82) is 0 Å². The van der Waals surface area contributed by atoms with Crippen LogP contribution < -0.4 is 11.1 Å². The molecule has 0 aromatic rings. The third kappa shape index (κ3) is 2.42. The Hall–Kier alpha value is -0.160. The number of aliphatic hydroxyl groups excluding tert-OH is 1. The first-order valence-corrected chi connectivity index (χ1v) is 4.57. The highest BCUT2D eigenvalue weighted by Crippen LogP contribution is 2.14. The number of aliphatic hydroxyl groups is 1. The van der Waals surface area contributed by atoms with Crippen molar-refractivity contribution in [2.45, 2.75) is 25.1 Å². The van der Waals surface area contributed by atoms with Crippen molar-refractivity contribution in [3.63, 3.8) is 0 Å². The van der Waals surface area contributed by atoms with Crippen molar-refractivity contribution < 1.29 is 5.11 Å². The molecule has 0 aromatic carbocycles. The van der Waals surface area contributed by atoms with E-state index in [1.807, 2.05) is 7.05 Å². The van der Waals surface area contributed by atoms with E-state index in [1.165, 1.54) is 12.8 Å². The lowest BCUT2D eigenvalue weighted by atomic mass is 10.3. The fourth-order valence-electron chi connectivity index (χ4n) is 1.72. The topological polar surface area (TPSA) is 61.5 Å². The van der Waals surface area contributed by atoms with E-state index in [-0.39, 0.29) is 6.10 Å². The summed E-state index contributed by atoms with van der Waals surface area (Å²) in [5, 5.41) is 12.6. The van der Waals surface area contributed by atoms with Gasteiger partial charge in [-0.05, 0) is 26.4 Å². The first-order chi connectivity index (χ1) is 5.77. The Bertz CT molecular complexity index is 131. The Morgan fingerprint density at radius 3 is 3.08 bits per heavy atom. The second-order valence-electron chi connectivity index (χ2n) is 3.33. The monoisotopic (exact) mass is 173 g/mol. The molecule has 1 fully saturated rings. The van der Waals surface area contributed by atoms with E-state index in [4.69, 9.17) is 5.73 Å². The normalized spacial score (nSPS) is 27.8. The molecule has 12 heavy (non-hydrogen) atoms. The van der Waals surface area contributed by atoms with Gasteiger partial charge in [-0.15, -0.1) is 0 Å². The van der Waals surface area contributed by atoms with Crippen molar-refractivity contribution in [2.75, 3.05) is 26.7 Å². The average Bonchev–Trinajstić information content (AvgIpc) is 2.51. The van der Waals surface area contributed by atoms with E-state index in [0.717, 1.165) is 6.54 Å². The zero-order valence-electron chi connectivity index (χ0n) is 7.66. The van der Waals surface area contributed by atoms with Crippen LogP contribution in [0.2, 0.25) is 0 Å². The third-order valence-corrected chi connectivity index (χ3v) is 2.41. The number of nitrogens with one attached hydrogen (secondary N) is 1. The van der Waals surface area contributed by atoms with Gasteiger partial charge >= 0.3 is 0 Å². The van der Waals surface area contributed by atoms with E-state index in [0.29, 0.717) is 19.3 Å². The lowest BCUT2D eigenvalue weighted by Gasteiger charge is -2.25. The van der Waals surface area contributed by atoms with Gasteiger partial charge in [0.2, 0.25) is 0 Å². The summed E-state index contributed by atoms with van der Waals surface area (Å²) in [7, 11) is 1.96. The summed E-state index contributed by atoms with van der Waals surface area (Å²) in [6.45, 7) is 2.12. The summed E-state index contributed by atoms with van der Waals surface area (Å²) in [5.41, 5.74) is 5.34. The number of hydrogen-bond acceptors (Lipinski definition) is 4. The molecule has 1 heterocycles. The molecule has 1 aliphatic heterocycles. The Labute approximate surface area is 73.7 Å². The third-order valence-electron chi connectivity index (χ3n) is 2.41. The van der Waals surface area contributed by atoms with E-state index in [2.05, 4.69) is 10.2 Å². The van der Waals surface area contributed by atoms with Crippen molar-refractivity contribution in [3.05, 3.63) is 0 Å². The predicted octanol–water partition coefficient (Wildman–Crippen LogP) is -1.05. The van der Waals surface area contributed by atoms with E-state index >= 15 is 0 Å². The average molecular weight is 173 g/mol. The van der Waals surface area contributed by atoms with Crippen LogP contribution in [0.25, 0.3) is 0 Å². The van der Waals surface area contributed by atoms with Crippen molar-refractivity contribution in [1.82, 2.24) is 10.2 Å². The maximum Gasteiger partial charge on any atom is 0.0789 e. The quantitative estimate of drug-likeness (QED) is 0.507. The molecular weight excluding hydrogens is 154 g/mol. The Kier molecular flexibility index (Phi) is 3.94. The molecule has 72 valence electrons. The van der Waals surface area contributed by atoms with Gasteiger partial charge in [0.15, 0.2) is 0 Å². The largest absolute Gasteiger partial charge is 0.390 e. The van der Waals surface area contributed by atoms with Crippen molar-refractivity contribution in [2.24, 2.45) is 5.73 Å². The van der Waals surface area contributed by atoms with Gasteiger partial charge in [-0.2, -0.15) is 0 Å². The number of β-amino-alcohol motifs (C(OH)–C–C–N with tert-alkyl or cyclic N) is 1. The van der Waals surface area contributed by atoms with Crippen molar-refractivity contribution >= 4 is 0 Å². The molecule has 4 N–H and O–H groups in total. The smallest absolute Gasteiger partial charge is 0.0789 e. The number of nitrogens with zero attached hydrogens (tertiary/aromatic N) is 1. The first-order valence-electron chi connectivity index (χ1n) is 4.57. The lowest BCUT2D eigenvalue weighted by molar-refractivity contribution is 0.105. The maximum atomic E-state index is 9.34. The highest BCUT2D eigenvalue weighted by Gasteiger charge is 2.23. The molecule has 1 aliphatic rings. The summed E-state index contributed by atoms with van der Waals surface area (Å²) in [4.78, 5) is 2.25. The minimum absolute atomic E-state index is 0.354. The Morgan fingerprint density at radius 2 is 2.50 bits per heavy atom. The highest BCUT2D eigenvalue weighted by atomic mass is 16.3. The van der Waals surface area contributed by atoms with Crippen molar-refractivity contribution in [3.8, 4) is 0 Å². The van der Waals surface area contributed by atoms with E-state index in [1.54, 1.807) is 0 Å². The fraction of sp³-hybridized carbons (Fsp3) is 1.00. The predicted molar refractivity (Wildman–Crippen MR) is 48.7 cm³/mol. The molecule has 0 aromatic heterocycles. The summed E-state index contributed by atoms with van der Waals surface area (Å²) in [6, 6.07) is 0. The van der Waals surface area contributed by atoms with Crippen LogP contribution in [0.1, 0.15) is 12.8 Å². The van der Waals surface area contributed by atoms with Gasteiger partial charge < -0.3 is 16.2 Å². The molecule has 0 aliphatic carbocycles. The van der Waals surface area contributed by atoms with Gasteiger partial charge in [0, 0.05) is 13.1 Å². The zero-order valence-corrected chi connectivity index (χ0v) is 7.66. The SMILES string of the molecule is CNC1CCCN1C[C@@H](O)CN. The van der Waals surface area contributed by atoms with Crippen LogP contribution in [0.5, 0.6) is 0 Å². The zero-order chi connectivity index (χ0) is 8.97. The number of nitrogens with two attached hydrogens (primary N) is 1. The summed E-state index contributed by atoms with van der Waals surface area (Å²) < 4.78 is 0. The number of rotatable bonds is 4. The second-order valence-corrected chi connectivity index (χ2v) is 3.33. The summed E-state index contributed by atoms with van der Waals surface area (Å²) in [6.07, 6.45) is 2.45. The molecule has 0 spiro atoms. The van der Waals surface area contributed by atoms with E-state index in [9.17, 15) is 5.11 Å². The molecule has 1 rings (SSSR count). The van der Waals surface area contributed by atoms with Crippen LogP contribution in [0.15, 0.2) is 0 Å². The van der Waals surface area contributed by atoms with Crippen LogP contribution in [0.3, 0.4) is 0 Å². The molecular formula is C8H19N3O. The number of likely N-dealkylation sites (tertiary alicyclic amines) is 1. The van der Waals surface area contributed by atoms with Crippen LogP contribution >= 0.6 is 0 Å². The molecule has 0 radical (unpaired) electrons. The van der Waals surface area contributed by atoms with E-state index < -0.39 is 0 Å². The van der Waals surface area contributed by atoms with Crippen LogP contribution in [-0.4, -0.2) is 49.0 Å². The Balaban J connectivity index is 2.30. The van der Waals surface area contributed by atoms with Gasteiger partial charge in [0.1, 0.15) is 0 Å². The Morgan fingerprint density at radius 1 is 1.75 bits per heavy atom. The highest BCUT2D eigenvalue weighted by molar-refractivity contribution is 4.78. The van der Waals surface area contributed by atoms with Gasteiger partial charge in [0.25, 0.3) is 0 Å². The lowest BCUT2D eigenvalue weighted by Crippen LogP contribution is -2.44. The van der Waals surface area contributed by atoms with Gasteiger partial charge in [-0.3, -0.25) is 4.90 Å². The van der Waals surface area contributed by atoms with Crippen LogP contribution in [0, 0.1) is 0 Å².